The first-order chi connectivity index (χ1) is 15.2. The Balaban J connectivity index is 1.79. The smallest absolute Gasteiger partial charge is 0.417 e. The van der Waals surface area contributed by atoms with Crippen LogP contribution in [0.2, 0.25) is 0 Å². The van der Waals surface area contributed by atoms with Crippen molar-refractivity contribution < 1.29 is 27.4 Å². The van der Waals surface area contributed by atoms with Crippen LogP contribution in [0.3, 0.4) is 0 Å². The molecule has 166 valence electrons. The number of hydrogen-bond acceptors (Lipinski definition) is 5. The molecule has 3 aromatic rings. The molecule has 0 bridgehead atoms. The van der Waals surface area contributed by atoms with Gasteiger partial charge in [-0.1, -0.05) is 44.2 Å². The quantitative estimate of drug-likeness (QED) is 0.353. The molecule has 1 aromatic heterocycles. The predicted octanol–water partition coefficient (Wildman–Crippen LogP) is 7.11. The fourth-order valence-corrected chi connectivity index (χ4v) is 4.28. The van der Waals surface area contributed by atoms with Crippen LogP contribution in [0, 0.1) is 17.2 Å². The van der Waals surface area contributed by atoms with Gasteiger partial charge < -0.3 is 9.47 Å². The van der Waals surface area contributed by atoms with Crippen LogP contribution in [0.5, 0.6) is 11.5 Å². The van der Waals surface area contributed by atoms with Gasteiger partial charge in [-0.05, 0) is 36.2 Å². The van der Waals surface area contributed by atoms with Crippen molar-refractivity contribution in [3.8, 4) is 17.6 Å². The van der Waals surface area contributed by atoms with Gasteiger partial charge in [-0.15, -0.1) is 11.3 Å². The second-order valence-electron chi connectivity index (χ2n) is 7.39. The molecule has 0 saturated heterocycles. The summed E-state index contributed by atoms with van der Waals surface area (Å²) in [7, 11) is 0. The number of esters is 1. The lowest BCUT2D eigenvalue weighted by atomic mass is 9.93. The van der Waals surface area contributed by atoms with Crippen LogP contribution in [0.15, 0.2) is 66.0 Å². The number of hydrogen-bond donors (Lipinski definition) is 0. The lowest BCUT2D eigenvalue weighted by Gasteiger charge is -2.20. The summed E-state index contributed by atoms with van der Waals surface area (Å²) in [6.07, 6.45) is -5.72. The zero-order chi connectivity index (χ0) is 23.3. The highest BCUT2D eigenvalue weighted by molar-refractivity contribution is 7.10. The van der Waals surface area contributed by atoms with Crippen molar-refractivity contribution in [3.63, 3.8) is 0 Å². The van der Waals surface area contributed by atoms with Crippen LogP contribution in [-0.2, 0) is 15.7 Å². The molecular weight excluding hydrogens is 439 g/mol. The molecule has 0 saturated carbocycles. The van der Waals surface area contributed by atoms with Crippen LogP contribution in [0.1, 0.15) is 41.9 Å². The first-order valence-electron chi connectivity index (χ1n) is 9.77. The summed E-state index contributed by atoms with van der Waals surface area (Å²) in [5.41, 5.74) is -0.405. The molecule has 0 radical (unpaired) electrons. The van der Waals surface area contributed by atoms with E-state index >= 15 is 0 Å². The maximum atomic E-state index is 13.0. The number of para-hydroxylation sites is 1. The molecule has 3 rings (SSSR count). The van der Waals surface area contributed by atoms with Gasteiger partial charge in [-0.25, -0.2) is 0 Å². The number of rotatable bonds is 7. The van der Waals surface area contributed by atoms with Crippen LogP contribution < -0.4 is 4.74 Å². The summed E-state index contributed by atoms with van der Waals surface area (Å²) in [5, 5.41) is 10.6. The van der Waals surface area contributed by atoms with E-state index in [2.05, 4.69) is 0 Å². The van der Waals surface area contributed by atoms with E-state index in [1.165, 1.54) is 0 Å². The van der Waals surface area contributed by atoms with E-state index in [0.717, 1.165) is 22.8 Å². The Kier molecular flexibility index (Phi) is 7.21. The molecule has 2 unspecified atom stereocenters. The molecule has 0 fully saturated rings. The fraction of sp³-hybridized carbons (Fsp3) is 0.250. The molecule has 0 aliphatic heterocycles. The van der Waals surface area contributed by atoms with Crippen molar-refractivity contribution in [1.29, 1.82) is 5.26 Å². The van der Waals surface area contributed by atoms with E-state index in [1.807, 2.05) is 24.3 Å². The lowest BCUT2D eigenvalue weighted by molar-refractivity contribution is -0.150. The molecule has 8 heteroatoms. The third-order valence-corrected chi connectivity index (χ3v) is 5.68. The minimum atomic E-state index is -4.49. The molecule has 0 N–H and O–H groups in total. The number of benzene rings is 2. The van der Waals surface area contributed by atoms with E-state index in [1.54, 1.807) is 50.2 Å². The lowest BCUT2D eigenvalue weighted by Crippen LogP contribution is -2.22. The van der Waals surface area contributed by atoms with Gasteiger partial charge in [0.2, 0.25) is 6.10 Å². The zero-order valence-electron chi connectivity index (χ0n) is 17.3. The third-order valence-electron chi connectivity index (χ3n) is 4.67. The second-order valence-corrected chi connectivity index (χ2v) is 8.33. The summed E-state index contributed by atoms with van der Waals surface area (Å²) in [5.74, 6) is -0.937. The third kappa shape index (κ3) is 5.68. The number of carbonyl (C=O) groups is 1. The van der Waals surface area contributed by atoms with Crippen LogP contribution >= 0.6 is 11.3 Å². The van der Waals surface area contributed by atoms with Crippen LogP contribution in [0.4, 0.5) is 13.2 Å². The Bertz CT molecular complexity index is 1100. The number of thiophene rings is 1. The molecule has 0 spiro atoms. The van der Waals surface area contributed by atoms with E-state index < -0.39 is 29.7 Å². The Morgan fingerprint density at radius 1 is 1.03 bits per heavy atom. The summed E-state index contributed by atoms with van der Waals surface area (Å²) >= 11 is 0.852. The molecule has 32 heavy (non-hydrogen) atoms. The summed E-state index contributed by atoms with van der Waals surface area (Å²) < 4.78 is 50.1. The Morgan fingerprint density at radius 2 is 1.72 bits per heavy atom. The summed E-state index contributed by atoms with van der Waals surface area (Å²) in [6, 6.07) is 18.5. The van der Waals surface area contributed by atoms with Gasteiger partial charge in [0.25, 0.3) is 0 Å². The largest absolute Gasteiger partial charge is 0.457 e. The van der Waals surface area contributed by atoms with Crippen molar-refractivity contribution in [3.05, 3.63) is 82.0 Å². The Labute approximate surface area is 187 Å². The van der Waals surface area contributed by atoms with Gasteiger partial charge in [-0.3, -0.25) is 4.79 Å². The van der Waals surface area contributed by atoms with Crippen molar-refractivity contribution in [2.45, 2.75) is 32.0 Å². The molecule has 0 aliphatic carbocycles. The number of carbonyl (C=O) groups excluding carboxylic acids is 1. The van der Waals surface area contributed by atoms with Crippen LogP contribution in [-0.4, -0.2) is 5.97 Å². The van der Waals surface area contributed by atoms with Crippen molar-refractivity contribution >= 4 is 17.3 Å². The highest BCUT2D eigenvalue weighted by Crippen LogP contribution is 2.38. The normalized spacial score (nSPS) is 13.3. The molecule has 0 amide bonds. The zero-order valence-corrected chi connectivity index (χ0v) is 18.1. The van der Waals surface area contributed by atoms with Gasteiger partial charge >= 0.3 is 12.1 Å². The van der Waals surface area contributed by atoms with Crippen molar-refractivity contribution in [2.75, 3.05) is 0 Å². The minimum absolute atomic E-state index is 0.246. The first-order valence-corrected chi connectivity index (χ1v) is 10.7. The number of ether oxygens (including phenoxy) is 2. The van der Waals surface area contributed by atoms with E-state index in [-0.39, 0.29) is 10.8 Å². The highest BCUT2D eigenvalue weighted by atomic mass is 32.1. The van der Waals surface area contributed by atoms with Gasteiger partial charge in [0.1, 0.15) is 17.6 Å². The van der Waals surface area contributed by atoms with Gasteiger partial charge in [0, 0.05) is 15.8 Å². The molecule has 2 aromatic carbocycles. The number of halogens is 3. The van der Waals surface area contributed by atoms with Crippen molar-refractivity contribution in [2.24, 2.45) is 5.92 Å². The van der Waals surface area contributed by atoms with E-state index in [0.29, 0.717) is 17.1 Å². The van der Waals surface area contributed by atoms with Gasteiger partial charge in [0.15, 0.2) is 0 Å². The molecule has 2 atom stereocenters. The number of alkyl halides is 3. The SMILES string of the molecule is CC(C)C(C(=O)OC(C#N)c1cccc(Oc2ccccc2)c1)c1cc(C(F)(F)F)cs1. The highest BCUT2D eigenvalue weighted by Gasteiger charge is 2.35. The minimum Gasteiger partial charge on any atom is -0.457 e. The van der Waals surface area contributed by atoms with Crippen LogP contribution in [0.25, 0.3) is 0 Å². The average Bonchev–Trinajstić information content (AvgIpc) is 3.23. The topological polar surface area (TPSA) is 59.3 Å². The fourth-order valence-electron chi connectivity index (χ4n) is 3.11. The number of nitrogens with zero attached hydrogens (tertiary/aromatic N) is 1. The Hall–Kier alpha value is -3.31. The summed E-state index contributed by atoms with van der Waals surface area (Å²) in [4.78, 5) is 13.1. The Morgan fingerprint density at radius 3 is 2.31 bits per heavy atom. The monoisotopic (exact) mass is 459 g/mol. The number of nitriles is 1. The molecule has 4 nitrogen and oxygen atoms in total. The standard InChI is InChI=1S/C24H20F3NO3S/c1-15(2)22(21-12-17(14-32-21)24(25,26)27)23(29)31-20(13-28)16-7-6-10-19(11-16)30-18-8-4-3-5-9-18/h3-12,14-15,20,22H,1-2H3. The maximum Gasteiger partial charge on any atom is 0.417 e. The van der Waals surface area contributed by atoms with Gasteiger partial charge in [-0.2, -0.15) is 18.4 Å². The summed E-state index contributed by atoms with van der Waals surface area (Å²) in [6.45, 7) is 3.43. The average molecular weight is 459 g/mol. The maximum absolute atomic E-state index is 13.0. The van der Waals surface area contributed by atoms with Gasteiger partial charge in [0.05, 0.1) is 11.5 Å². The molecule has 0 aliphatic rings. The predicted molar refractivity (Wildman–Crippen MR) is 114 cm³/mol. The van der Waals surface area contributed by atoms with Crippen molar-refractivity contribution in [1.82, 2.24) is 0 Å². The molecular formula is C24H20F3NO3S. The first kappa shape index (κ1) is 23.4. The van der Waals surface area contributed by atoms with E-state index in [9.17, 15) is 23.2 Å². The van der Waals surface area contributed by atoms with E-state index in [4.69, 9.17) is 9.47 Å². The second kappa shape index (κ2) is 9.88. The molecule has 1 heterocycles.